The van der Waals surface area contributed by atoms with Gasteiger partial charge in [-0.15, -0.1) is 11.8 Å². The molecule has 0 amide bonds. The van der Waals surface area contributed by atoms with Crippen LogP contribution in [-0.4, -0.2) is 32.7 Å². The first kappa shape index (κ1) is 14.3. The second-order valence-electron chi connectivity index (χ2n) is 3.49. The Morgan fingerprint density at radius 1 is 1.29 bits per heavy atom. The minimum Gasteiger partial charge on any atom is -0.398 e. The summed E-state index contributed by atoms with van der Waals surface area (Å²) in [6.45, 7) is 1.95. The van der Waals surface area contributed by atoms with E-state index in [1.807, 2.05) is 0 Å². The predicted octanol–water partition coefficient (Wildman–Crippen LogP) is 2.55. The molecule has 0 radical (unpaired) electrons. The molecule has 1 aromatic carbocycles. The Kier molecular flexibility index (Phi) is 7.00. The Morgan fingerprint density at radius 2 is 2.12 bits per heavy atom. The highest BCUT2D eigenvalue weighted by Gasteiger charge is 2.01. The molecule has 0 unspecified atom stereocenters. The van der Waals surface area contributed by atoms with E-state index in [-0.39, 0.29) is 5.82 Å². The van der Waals surface area contributed by atoms with Gasteiger partial charge in [0.1, 0.15) is 5.82 Å². The summed E-state index contributed by atoms with van der Waals surface area (Å²) in [5, 5.41) is 0. The second-order valence-corrected chi connectivity index (χ2v) is 4.63. The second kappa shape index (κ2) is 8.33. The maximum atomic E-state index is 12.8. The van der Waals surface area contributed by atoms with Gasteiger partial charge in [-0.1, -0.05) is 0 Å². The Balaban J connectivity index is 2.14. The molecule has 0 spiro atoms. The number of halogens is 1. The zero-order valence-corrected chi connectivity index (χ0v) is 10.8. The van der Waals surface area contributed by atoms with Crippen molar-refractivity contribution in [1.82, 2.24) is 0 Å². The van der Waals surface area contributed by atoms with E-state index < -0.39 is 0 Å². The zero-order valence-electron chi connectivity index (χ0n) is 9.95. The van der Waals surface area contributed by atoms with E-state index in [4.69, 9.17) is 15.2 Å². The van der Waals surface area contributed by atoms with Crippen LogP contribution < -0.4 is 5.73 Å². The molecule has 1 aromatic rings. The van der Waals surface area contributed by atoms with Crippen molar-refractivity contribution in [3.05, 3.63) is 24.0 Å². The van der Waals surface area contributed by atoms with Crippen LogP contribution in [0.15, 0.2) is 23.1 Å². The third kappa shape index (κ3) is 5.91. The van der Waals surface area contributed by atoms with Crippen LogP contribution in [-0.2, 0) is 9.47 Å². The quantitative estimate of drug-likeness (QED) is 0.443. The van der Waals surface area contributed by atoms with Crippen LogP contribution in [0.2, 0.25) is 0 Å². The highest BCUT2D eigenvalue weighted by Crippen LogP contribution is 2.25. The highest BCUT2D eigenvalue weighted by atomic mass is 32.2. The Bertz CT molecular complexity index is 336. The number of benzene rings is 1. The molecule has 96 valence electrons. The lowest BCUT2D eigenvalue weighted by Gasteiger charge is -2.06. The predicted molar refractivity (Wildman–Crippen MR) is 68.8 cm³/mol. The normalized spacial score (nSPS) is 10.7. The monoisotopic (exact) mass is 259 g/mol. The van der Waals surface area contributed by atoms with Gasteiger partial charge in [0.05, 0.1) is 13.2 Å². The third-order valence-corrected chi connectivity index (χ3v) is 3.27. The summed E-state index contributed by atoms with van der Waals surface area (Å²) < 4.78 is 23.0. The number of anilines is 1. The van der Waals surface area contributed by atoms with E-state index in [9.17, 15) is 4.39 Å². The maximum Gasteiger partial charge on any atom is 0.125 e. The molecule has 17 heavy (non-hydrogen) atoms. The van der Waals surface area contributed by atoms with Crippen LogP contribution in [0.25, 0.3) is 0 Å². The standard InChI is InChI=1S/C12H18FNO2S/c1-15-6-7-16-5-2-8-17-12-4-3-10(13)9-11(12)14/h3-4,9H,2,5-8,14H2,1H3. The Labute approximate surface area is 105 Å². The van der Waals surface area contributed by atoms with Gasteiger partial charge in [0.25, 0.3) is 0 Å². The molecule has 0 saturated carbocycles. The minimum absolute atomic E-state index is 0.297. The number of ether oxygens (including phenoxy) is 2. The van der Waals surface area contributed by atoms with Gasteiger partial charge in [0.2, 0.25) is 0 Å². The highest BCUT2D eigenvalue weighted by molar-refractivity contribution is 7.99. The van der Waals surface area contributed by atoms with Crippen molar-refractivity contribution < 1.29 is 13.9 Å². The first-order valence-corrected chi connectivity index (χ1v) is 6.47. The van der Waals surface area contributed by atoms with E-state index in [0.29, 0.717) is 25.5 Å². The summed E-state index contributed by atoms with van der Waals surface area (Å²) in [7, 11) is 1.65. The molecule has 0 aliphatic carbocycles. The van der Waals surface area contributed by atoms with Crippen molar-refractivity contribution in [2.75, 3.05) is 38.4 Å². The molecule has 0 heterocycles. The maximum absolute atomic E-state index is 12.8. The Morgan fingerprint density at radius 3 is 2.82 bits per heavy atom. The van der Waals surface area contributed by atoms with Gasteiger partial charge in [-0.2, -0.15) is 0 Å². The van der Waals surface area contributed by atoms with Gasteiger partial charge < -0.3 is 15.2 Å². The van der Waals surface area contributed by atoms with Gasteiger partial charge in [-0.3, -0.25) is 0 Å². The number of hydrogen-bond acceptors (Lipinski definition) is 4. The number of hydrogen-bond donors (Lipinski definition) is 1. The molecule has 0 aliphatic heterocycles. The van der Waals surface area contributed by atoms with Crippen LogP contribution in [0, 0.1) is 5.82 Å². The average molecular weight is 259 g/mol. The number of methoxy groups -OCH3 is 1. The van der Waals surface area contributed by atoms with E-state index in [2.05, 4.69) is 0 Å². The van der Waals surface area contributed by atoms with Gasteiger partial charge in [-0.25, -0.2) is 4.39 Å². The van der Waals surface area contributed by atoms with Gasteiger partial charge in [0.15, 0.2) is 0 Å². The molecule has 0 aliphatic rings. The molecule has 0 atom stereocenters. The molecule has 0 bridgehead atoms. The fourth-order valence-electron chi connectivity index (χ4n) is 1.24. The van der Waals surface area contributed by atoms with Crippen molar-refractivity contribution >= 4 is 17.4 Å². The molecule has 0 aromatic heterocycles. The summed E-state index contributed by atoms with van der Waals surface area (Å²) in [6.07, 6.45) is 0.936. The summed E-state index contributed by atoms with van der Waals surface area (Å²) in [4.78, 5) is 0.920. The molecule has 3 nitrogen and oxygen atoms in total. The lowest BCUT2D eigenvalue weighted by Crippen LogP contribution is -2.03. The molecular weight excluding hydrogens is 241 g/mol. The summed E-state index contributed by atoms with van der Waals surface area (Å²) >= 11 is 1.62. The fraction of sp³-hybridized carbons (Fsp3) is 0.500. The molecular formula is C12H18FNO2S. The van der Waals surface area contributed by atoms with Gasteiger partial charge in [0, 0.05) is 30.1 Å². The number of nitrogens with two attached hydrogens (primary N) is 1. The van der Waals surface area contributed by atoms with Crippen molar-refractivity contribution in [1.29, 1.82) is 0 Å². The summed E-state index contributed by atoms with van der Waals surface area (Å²) in [5.74, 6) is 0.609. The summed E-state index contributed by atoms with van der Waals surface area (Å²) in [6, 6.07) is 4.48. The minimum atomic E-state index is -0.297. The molecule has 5 heteroatoms. The largest absolute Gasteiger partial charge is 0.398 e. The van der Waals surface area contributed by atoms with Crippen molar-refractivity contribution in [2.45, 2.75) is 11.3 Å². The van der Waals surface area contributed by atoms with Gasteiger partial charge in [-0.05, 0) is 24.6 Å². The van der Waals surface area contributed by atoms with Crippen LogP contribution in [0.4, 0.5) is 10.1 Å². The van der Waals surface area contributed by atoms with Crippen molar-refractivity contribution in [3.8, 4) is 0 Å². The first-order chi connectivity index (χ1) is 8.24. The lowest BCUT2D eigenvalue weighted by atomic mass is 10.3. The molecule has 0 fully saturated rings. The number of thioether (sulfide) groups is 1. The molecule has 1 rings (SSSR count). The van der Waals surface area contributed by atoms with Crippen molar-refractivity contribution in [2.24, 2.45) is 0 Å². The molecule has 0 saturated heterocycles. The summed E-state index contributed by atoms with van der Waals surface area (Å²) in [5.41, 5.74) is 6.19. The SMILES string of the molecule is COCCOCCCSc1ccc(F)cc1N. The zero-order chi connectivity index (χ0) is 12.5. The van der Waals surface area contributed by atoms with Crippen LogP contribution in [0.3, 0.4) is 0 Å². The topological polar surface area (TPSA) is 44.5 Å². The van der Waals surface area contributed by atoms with Crippen LogP contribution in [0.1, 0.15) is 6.42 Å². The first-order valence-electron chi connectivity index (χ1n) is 5.48. The Hall–Kier alpha value is -0.780. The molecule has 2 N–H and O–H groups in total. The van der Waals surface area contributed by atoms with Crippen LogP contribution >= 0.6 is 11.8 Å². The number of nitrogen functional groups attached to an aromatic ring is 1. The lowest BCUT2D eigenvalue weighted by molar-refractivity contribution is 0.0713. The average Bonchev–Trinajstić information content (AvgIpc) is 2.30. The van der Waals surface area contributed by atoms with E-state index in [1.54, 1.807) is 24.9 Å². The fourth-order valence-corrected chi connectivity index (χ4v) is 2.11. The van der Waals surface area contributed by atoms with Crippen molar-refractivity contribution in [3.63, 3.8) is 0 Å². The van der Waals surface area contributed by atoms with Gasteiger partial charge >= 0.3 is 0 Å². The van der Waals surface area contributed by atoms with E-state index >= 15 is 0 Å². The van der Waals surface area contributed by atoms with E-state index in [1.165, 1.54) is 12.1 Å². The van der Waals surface area contributed by atoms with E-state index in [0.717, 1.165) is 17.1 Å². The third-order valence-electron chi connectivity index (χ3n) is 2.09. The number of rotatable bonds is 8. The smallest absolute Gasteiger partial charge is 0.125 e. The van der Waals surface area contributed by atoms with Crippen LogP contribution in [0.5, 0.6) is 0 Å².